The number of fused-ring (bicyclic) bond motifs is 1. The van der Waals surface area contributed by atoms with Crippen molar-refractivity contribution in [2.24, 2.45) is 7.05 Å². The van der Waals surface area contributed by atoms with Crippen LogP contribution in [0.1, 0.15) is 28.9 Å². The maximum atomic E-state index is 12.0. The number of aromatic carboxylic acids is 1. The first-order chi connectivity index (χ1) is 12.3. The van der Waals surface area contributed by atoms with E-state index in [1.165, 1.54) is 13.0 Å². The number of aryl methyl sites for hydroxylation is 1. The second-order valence-electron chi connectivity index (χ2n) is 6.52. The standard InChI is InChI=1S/C18H21N3O5/c1-11(22)20-5-7-21(8-6-20)16(18(25)26)14-10-19(2)15-9-12(17(23)24)3-4-13(14)15/h3-4,9-10,16H,5-8H2,1-2H3,(H,23,24)(H,25,26)/t16-/m1/s1. The summed E-state index contributed by atoms with van der Waals surface area (Å²) in [5.74, 6) is -2.00. The second kappa shape index (κ2) is 6.80. The molecule has 2 aromatic rings. The van der Waals surface area contributed by atoms with Gasteiger partial charge in [-0.2, -0.15) is 0 Å². The largest absolute Gasteiger partial charge is 0.480 e. The summed E-state index contributed by atoms with van der Waals surface area (Å²) in [5.41, 5.74) is 1.46. The fourth-order valence-electron chi connectivity index (χ4n) is 3.55. The number of carboxylic acid groups (broad SMARTS) is 2. The van der Waals surface area contributed by atoms with Crippen molar-refractivity contribution < 1.29 is 24.6 Å². The summed E-state index contributed by atoms with van der Waals surface area (Å²) in [5, 5.41) is 19.7. The van der Waals surface area contributed by atoms with Crippen LogP contribution in [0.5, 0.6) is 0 Å². The number of hydrogen-bond acceptors (Lipinski definition) is 4. The van der Waals surface area contributed by atoms with E-state index in [1.54, 1.807) is 34.8 Å². The summed E-state index contributed by atoms with van der Waals surface area (Å²) in [4.78, 5) is 38.3. The second-order valence-corrected chi connectivity index (χ2v) is 6.52. The van der Waals surface area contributed by atoms with Gasteiger partial charge in [0.15, 0.2) is 0 Å². The normalized spacial score (nSPS) is 16.6. The zero-order valence-electron chi connectivity index (χ0n) is 14.7. The Morgan fingerprint density at radius 2 is 1.73 bits per heavy atom. The minimum atomic E-state index is -1.02. The number of rotatable bonds is 4. The number of carbonyl (C=O) groups is 3. The first kappa shape index (κ1) is 17.9. The average molecular weight is 359 g/mol. The molecule has 8 heteroatoms. The zero-order valence-corrected chi connectivity index (χ0v) is 14.7. The number of hydrogen-bond donors (Lipinski definition) is 2. The molecule has 1 saturated heterocycles. The number of carboxylic acids is 2. The lowest BCUT2D eigenvalue weighted by molar-refractivity contribution is -0.144. The Labute approximate surface area is 150 Å². The van der Waals surface area contributed by atoms with Crippen LogP contribution in [0.4, 0.5) is 0 Å². The summed E-state index contributed by atoms with van der Waals surface area (Å²) in [7, 11) is 1.77. The van der Waals surface area contributed by atoms with Gasteiger partial charge in [0.05, 0.1) is 5.56 Å². The number of amides is 1. The van der Waals surface area contributed by atoms with Crippen molar-refractivity contribution in [2.75, 3.05) is 26.2 Å². The number of piperazine rings is 1. The molecule has 2 N–H and O–H groups in total. The number of aliphatic carboxylic acids is 1. The van der Waals surface area contributed by atoms with E-state index in [0.29, 0.717) is 37.3 Å². The van der Waals surface area contributed by atoms with Crippen LogP contribution in [0, 0.1) is 0 Å². The van der Waals surface area contributed by atoms with Gasteiger partial charge in [0.1, 0.15) is 6.04 Å². The van der Waals surface area contributed by atoms with E-state index < -0.39 is 18.0 Å². The Morgan fingerprint density at radius 3 is 2.27 bits per heavy atom. The fraction of sp³-hybridized carbons (Fsp3) is 0.389. The summed E-state index contributed by atoms with van der Waals surface area (Å²) < 4.78 is 1.75. The number of aromatic nitrogens is 1. The Kier molecular flexibility index (Phi) is 4.69. The molecule has 1 aliphatic heterocycles. The van der Waals surface area contributed by atoms with Crippen molar-refractivity contribution in [1.29, 1.82) is 0 Å². The highest BCUT2D eigenvalue weighted by atomic mass is 16.4. The highest BCUT2D eigenvalue weighted by Gasteiger charge is 2.33. The molecule has 1 amide bonds. The molecule has 0 aliphatic carbocycles. The quantitative estimate of drug-likeness (QED) is 0.849. The van der Waals surface area contributed by atoms with Crippen LogP contribution in [-0.2, 0) is 16.6 Å². The molecule has 0 saturated carbocycles. The van der Waals surface area contributed by atoms with E-state index in [1.807, 2.05) is 4.90 Å². The van der Waals surface area contributed by atoms with Crippen molar-refractivity contribution in [3.05, 3.63) is 35.5 Å². The van der Waals surface area contributed by atoms with Gasteiger partial charge >= 0.3 is 11.9 Å². The molecule has 26 heavy (non-hydrogen) atoms. The summed E-state index contributed by atoms with van der Waals surface area (Å²) in [6.45, 7) is 3.44. The third-order valence-corrected chi connectivity index (χ3v) is 4.92. The highest BCUT2D eigenvalue weighted by Crippen LogP contribution is 2.31. The molecular formula is C18H21N3O5. The summed E-state index contributed by atoms with van der Waals surface area (Å²) >= 11 is 0. The van der Waals surface area contributed by atoms with Gasteiger partial charge in [-0.25, -0.2) is 4.79 Å². The first-order valence-corrected chi connectivity index (χ1v) is 8.34. The van der Waals surface area contributed by atoms with Crippen LogP contribution < -0.4 is 0 Å². The lowest BCUT2D eigenvalue weighted by Crippen LogP contribution is -2.50. The zero-order chi connectivity index (χ0) is 19.0. The van der Waals surface area contributed by atoms with Crippen molar-refractivity contribution in [3.63, 3.8) is 0 Å². The molecular weight excluding hydrogens is 338 g/mol. The van der Waals surface area contributed by atoms with Crippen LogP contribution in [-0.4, -0.2) is 68.6 Å². The highest BCUT2D eigenvalue weighted by molar-refractivity contribution is 5.96. The minimum absolute atomic E-state index is 0.0112. The van der Waals surface area contributed by atoms with Crippen LogP contribution in [0.2, 0.25) is 0 Å². The van der Waals surface area contributed by atoms with Gasteiger partial charge in [0.2, 0.25) is 5.91 Å². The molecule has 1 aromatic carbocycles. The van der Waals surface area contributed by atoms with Crippen molar-refractivity contribution >= 4 is 28.7 Å². The summed E-state index contributed by atoms with van der Waals surface area (Å²) in [6.07, 6.45) is 1.74. The number of carbonyl (C=O) groups excluding carboxylic acids is 1. The Balaban J connectivity index is 1.98. The molecule has 1 fully saturated rings. The molecule has 0 radical (unpaired) electrons. The van der Waals surface area contributed by atoms with Gasteiger partial charge < -0.3 is 19.7 Å². The smallest absolute Gasteiger partial charge is 0.335 e. The molecule has 8 nitrogen and oxygen atoms in total. The first-order valence-electron chi connectivity index (χ1n) is 8.34. The predicted octanol–water partition coefficient (Wildman–Crippen LogP) is 1.17. The molecule has 0 bridgehead atoms. The molecule has 0 spiro atoms. The molecule has 0 unspecified atom stereocenters. The predicted molar refractivity (Wildman–Crippen MR) is 94.1 cm³/mol. The van der Waals surface area contributed by atoms with Crippen molar-refractivity contribution in [2.45, 2.75) is 13.0 Å². The van der Waals surface area contributed by atoms with E-state index in [-0.39, 0.29) is 11.5 Å². The van der Waals surface area contributed by atoms with Gasteiger partial charge in [-0.05, 0) is 12.1 Å². The molecule has 1 aromatic heterocycles. The Morgan fingerprint density at radius 1 is 1.08 bits per heavy atom. The van der Waals surface area contributed by atoms with E-state index in [4.69, 9.17) is 5.11 Å². The molecule has 3 rings (SSSR count). The molecule has 1 atom stereocenters. The summed E-state index contributed by atoms with van der Waals surface area (Å²) in [6, 6.07) is 3.85. The van der Waals surface area contributed by atoms with Crippen LogP contribution in [0.3, 0.4) is 0 Å². The minimum Gasteiger partial charge on any atom is -0.480 e. The van der Waals surface area contributed by atoms with E-state index in [9.17, 15) is 19.5 Å². The number of benzene rings is 1. The van der Waals surface area contributed by atoms with E-state index >= 15 is 0 Å². The van der Waals surface area contributed by atoms with Gasteiger partial charge in [-0.15, -0.1) is 0 Å². The molecule has 2 heterocycles. The van der Waals surface area contributed by atoms with Gasteiger partial charge in [-0.1, -0.05) is 6.07 Å². The molecule has 1 aliphatic rings. The van der Waals surface area contributed by atoms with Gasteiger partial charge in [0, 0.05) is 62.8 Å². The molecule has 138 valence electrons. The van der Waals surface area contributed by atoms with E-state index in [2.05, 4.69) is 0 Å². The Bertz CT molecular complexity index is 880. The van der Waals surface area contributed by atoms with Crippen LogP contribution >= 0.6 is 0 Å². The van der Waals surface area contributed by atoms with Crippen LogP contribution in [0.25, 0.3) is 10.9 Å². The lowest BCUT2D eigenvalue weighted by atomic mass is 10.0. The van der Waals surface area contributed by atoms with Gasteiger partial charge in [0.25, 0.3) is 0 Å². The third kappa shape index (κ3) is 3.15. The van der Waals surface area contributed by atoms with Crippen molar-refractivity contribution in [1.82, 2.24) is 14.4 Å². The monoisotopic (exact) mass is 359 g/mol. The fourth-order valence-corrected chi connectivity index (χ4v) is 3.55. The number of nitrogens with zero attached hydrogens (tertiary/aromatic N) is 3. The maximum Gasteiger partial charge on any atom is 0.335 e. The third-order valence-electron chi connectivity index (χ3n) is 4.92. The van der Waals surface area contributed by atoms with Gasteiger partial charge in [-0.3, -0.25) is 14.5 Å². The Hall–Kier alpha value is -2.87. The SMILES string of the molecule is CC(=O)N1CCN([C@@H](C(=O)O)c2cn(C)c3cc(C(=O)O)ccc23)CC1. The topological polar surface area (TPSA) is 103 Å². The maximum absolute atomic E-state index is 12.0. The average Bonchev–Trinajstić information content (AvgIpc) is 2.91. The lowest BCUT2D eigenvalue weighted by Gasteiger charge is -2.37. The van der Waals surface area contributed by atoms with E-state index in [0.717, 1.165) is 5.39 Å². The van der Waals surface area contributed by atoms with Crippen molar-refractivity contribution in [3.8, 4) is 0 Å². The van der Waals surface area contributed by atoms with Crippen LogP contribution in [0.15, 0.2) is 24.4 Å².